The number of alkyl halides is 3. The fourth-order valence-corrected chi connectivity index (χ4v) is 3.10. The molecule has 8 heteroatoms. The van der Waals surface area contributed by atoms with Crippen LogP contribution in [0.2, 0.25) is 0 Å². The maximum Gasteiger partial charge on any atom is 0.393 e. The SMILES string of the molecule is Cc1nc(-c2cnn(C(C)c3ccc(CC(F)(F)F)cc3C)c2)cc(=O)[nH]1. The Morgan fingerprint density at radius 2 is 1.96 bits per heavy atom. The van der Waals surface area contributed by atoms with Crippen LogP contribution in [-0.4, -0.2) is 25.9 Å². The Hall–Kier alpha value is -2.90. The molecule has 142 valence electrons. The summed E-state index contributed by atoms with van der Waals surface area (Å²) >= 11 is 0. The summed E-state index contributed by atoms with van der Waals surface area (Å²) in [5.41, 5.74) is 2.86. The lowest BCUT2D eigenvalue weighted by molar-refractivity contribution is -0.127. The molecule has 1 atom stereocenters. The van der Waals surface area contributed by atoms with Crippen LogP contribution in [0.15, 0.2) is 41.5 Å². The van der Waals surface area contributed by atoms with E-state index in [0.29, 0.717) is 17.1 Å². The molecule has 0 spiro atoms. The molecule has 2 aromatic heterocycles. The highest BCUT2D eigenvalue weighted by Crippen LogP contribution is 2.27. The number of hydrogen-bond donors (Lipinski definition) is 1. The van der Waals surface area contributed by atoms with Gasteiger partial charge in [0, 0.05) is 17.8 Å². The van der Waals surface area contributed by atoms with Crippen LogP contribution in [0, 0.1) is 13.8 Å². The Morgan fingerprint density at radius 1 is 1.22 bits per heavy atom. The normalized spacial score (nSPS) is 13.0. The Bertz CT molecular complexity index is 1020. The number of aromatic nitrogens is 4. The topological polar surface area (TPSA) is 63.6 Å². The summed E-state index contributed by atoms with van der Waals surface area (Å²) in [6, 6.07) is 5.99. The molecule has 27 heavy (non-hydrogen) atoms. The van der Waals surface area contributed by atoms with Crippen LogP contribution in [0.1, 0.15) is 35.5 Å². The maximum atomic E-state index is 12.6. The molecule has 1 unspecified atom stereocenters. The van der Waals surface area contributed by atoms with Crippen LogP contribution in [0.5, 0.6) is 0 Å². The van der Waals surface area contributed by atoms with Crippen LogP contribution < -0.4 is 5.56 Å². The predicted molar refractivity (Wildman–Crippen MR) is 95.6 cm³/mol. The van der Waals surface area contributed by atoms with E-state index in [9.17, 15) is 18.0 Å². The molecule has 0 saturated heterocycles. The van der Waals surface area contributed by atoms with Gasteiger partial charge in [0.05, 0.1) is 24.4 Å². The summed E-state index contributed by atoms with van der Waals surface area (Å²) < 4.78 is 39.4. The van der Waals surface area contributed by atoms with E-state index in [1.54, 1.807) is 43.1 Å². The summed E-state index contributed by atoms with van der Waals surface area (Å²) in [5.74, 6) is 0.509. The first-order valence-corrected chi connectivity index (χ1v) is 8.41. The van der Waals surface area contributed by atoms with Gasteiger partial charge in [-0.15, -0.1) is 0 Å². The summed E-state index contributed by atoms with van der Waals surface area (Å²) in [6.07, 6.45) is -1.78. The Balaban J connectivity index is 1.87. The molecule has 0 bridgehead atoms. The number of benzene rings is 1. The minimum atomic E-state index is -4.23. The zero-order valence-electron chi connectivity index (χ0n) is 15.1. The van der Waals surface area contributed by atoms with E-state index in [1.165, 1.54) is 12.1 Å². The van der Waals surface area contributed by atoms with Crippen LogP contribution in [0.25, 0.3) is 11.3 Å². The number of rotatable bonds is 4. The van der Waals surface area contributed by atoms with Crippen molar-refractivity contribution in [1.29, 1.82) is 0 Å². The van der Waals surface area contributed by atoms with Crippen molar-refractivity contribution >= 4 is 0 Å². The van der Waals surface area contributed by atoms with Gasteiger partial charge < -0.3 is 4.98 Å². The lowest BCUT2D eigenvalue weighted by Crippen LogP contribution is -2.13. The second-order valence-corrected chi connectivity index (χ2v) is 6.58. The molecule has 0 fully saturated rings. The monoisotopic (exact) mass is 376 g/mol. The maximum absolute atomic E-state index is 12.6. The Kier molecular flexibility index (Phi) is 4.91. The van der Waals surface area contributed by atoms with E-state index in [-0.39, 0.29) is 17.2 Å². The molecular formula is C19H19F3N4O. The van der Waals surface area contributed by atoms with E-state index in [2.05, 4.69) is 15.1 Å². The predicted octanol–water partition coefficient (Wildman–Crippen LogP) is 3.96. The van der Waals surface area contributed by atoms with Crippen molar-refractivity contribution in [3.8, 4) is 11.3 Å². The standard InChI is InChI=1S/C19H19F3N4O/c1-11-6-14(8-19(20,21)22)4-5-16(11)12(2)26-10-15(9-23-26)17-7-18(27)25-13(3)24-17/h4-7,9-10,12H,8H2,1-3H3,(H,24,25,27). The molecule has 0 aliphatic heterocycles. The largest absolute Gasteiger partial charge is 0.393 e. The molecule has 0 saturated carbocycles. The van der Waals surface area contributed by atoms with E-state index in [1.807, 2.05) is 6.92 Å². The van der Waals surface area contributed by atoms with Gasteiger partial charge in [0.2, 0.25) is 0 Å². The first-order valence-electron chi connectivity index (χ1n) is 8.41. The molecule has 1 N–H and O–H groups in total. The summed E-state index contributed by atoms with van der Waals surface area (Å²) in [7, 11) is 0. The lowest BCUT2D eigenvalue weighted by Gasteiger charge is -2.17. The summed E-state index contributed by atoms with van der Waals surface area (Å²) in [6.45, 7) is 5.40. The molecule has 3 rings (SSSR count). The van der Waals surface area contributed by atoms with Crippen LogP contribution >= 0.6 is 0 Å². The van der Waals surface area contributed by atoms with E-state index in [0.717, 1.165) is 11.1 Å². The average molecular weight is 376 g/mol. The molecule has 5 nitrogen and oxygen atoms in total. The summed E-state index contributed by atoms with van der Waals surface area (Å²) in [5, 5.41) is 4.34. The highest BCUT2D eigenvalue weighted by atomic mass is 19.4. The highest BCUT2D eigenvalue weighted by Gasteiger charge is 2.27. The van der Waals surface area contributed by atoms with Gasteiger partial charge in [-0.1, -0.05) is 18.2 Å². The van der Waals surface area contributed by atoms with E-state index >= 15 is 0 Å². The molecule has 1 aromatic carbocycles. The van der Waals surface area contributed by atoms with Crippen LogP contribution in [0.4, 0.5) is 13.2 Å². The van der Waals surface area contributed by atoms with Crippen molar-refractivity contribution in [1.82, 2.24) is 19.7 Å². The van der Waals surface area contributed by atoms with Gasteiger partial charge in [-0.3, -0.25) is 9.48 Å². The number of aryl methyl sites for hydroxylation is 2. The smallest absolute Gasteiger partial charge is 0.311 e. The van der Waals surface area contributed by atoms with Crippen LogP contribution in [-0.2, 0) is 6.42 Å². The molecular weight excluding hydrogens is 357 g/mol. The molecule has 3 aromatic rings. The number of nitrogens with zero attached hydrogens (tertiary/aromatic N) is 3. The number of H-pyrrole nitrogens is 1. The molecule has 0 amide bonds. The van der Waals surface area contributed by atoms with Crippen LogP contribution in [0.3, 0.4) is 0 Å². The third-order valence-corrected chi connectivity index (χ3v) is 4.34. The van der Waals surface area contributed by atoms with E-state index < -0.39 is 12.6 Å². The zero-order valence-corrected chi connectivity index (χ0v) is 15.1. The fraction of sp³-hybridized carbons (Fsp3) is 0.316. The van der Waals surface area contributed by atoms with Gasteiger partial charge in [0.15, 0.2) is 0 Å². The fourth-order valence-electron chi connectivity index (χ4n) is 3.10. The second-order valence-electron chi connectivity index (χ2n) is 6.58. The minimum absolute atomic E-state index is 0.179. The number of halogens is 3. The number of nitrogens with one attached hydrogen (secondary N) is 1. The zero-order chi connectivity index (χ0) is 19.8. The average Bonchev–Trinajstić information content (AvgIpc) is 3.02. The minimum Gasteiger partial charge on any atom is -0.311 e. The lowest BCUT2D eigenvalue weighted by atomic mass is 9.98. The van der Waals surface area contributed by atoms with Gasteiger partial charge in [-0.2, -0.15) is 18.3 Å². The third-order valence-electron chi connectivity index (χ3n) is 4.34. The first-order chi connectivity index (χ1) is 12.6. The van der Waals surface area contributed by atoms with Crippen molar-refractivity contribution < 1.29 is 13.2 Å². The second kappa shape index (κ2) is 7.02. The van der Waals surface area contributed by atoms with Gasteiger partial charge in [-0.25, -0.2) is 4.98 Å². The molecule has 0 aliphatic carbocycles. The van der Waals surface area contributed by atoms with Crippen molar-refractivity contribution in [2.24, 2.45) is 0 Å². The van der Waals surface area contributed by atoms with Gasteiger partial charge >= 0.3 is 6.18 Å². The van der Waals surface area contributed by atoms with Crippen molar-refractivity contribution in [3.63, 3.8) is 0 Å². The van der Waals surface area contributed by atoms with Crippen molar-refractivity contribution in [3.05, 3.63) is 69.5 Å². The first kappa shape index (κ1) is 18.9. The summed E-state index contributed by atoms with van der Waals surface area (Å²) in [4.78, 5) is 18.5. The van der Waals surface area contributed by atoms with Gasteiger partial charge in [-0.05, 0) is 37.5 Å². The molecule has 0 aliphatic rings. The van der Waals surface area contributed by atoms with Crippen molar-refractivity contribution in [2.45, 2.75) is 39.4 Å². The molecule has 2 heterocycles. The van der Waals surface area contributed by atoms with Gasteiger partial charge in [0.1, 0.15) is 5.82 Å². The Labute approximate surface area is 153 Å². The highest BCUT2D eigenvalue weighted by molar-refractivity contribution is 5.56. The van der Waals surface area contributed by atoms with Gasteiger partial charge in [0.25, 0.3) is 5.56 Å². The van der Waals surface area contributed by atoms with Crippen molar-refractivity contribution in [2.75, 3.05) is 0 Å². The third kappa shape index (κ3) is 4.45. The molecule has 0 radical (unpaired) electrons. The Morgan fingerprint density at radius 3 is 2.59 bits per heavy atom. The quantitative estimate of drug-likeness (QED) is 0.750. The number of aromatic amines is 1. The van der Waals surface area contributed by atoms with E-state index in [4.69, 9.17) is 0 Å². The number of hydrogen-bond acceptors (Lipinski definition) is 3.